The molecule has 5 N–H and O–H groups in total. The second-order valence-electron chi connectivity index (χ2n) is 11.1. The van der Waals surface area contributed by atoms with E-state index < -0.39 is 6.04 Å². The van der Waals surface area contributed by atoms with Crippen LogP contribution in [0.15, 0.2) is 52.4 Å². The molecule has 4 heterocycles. The van der Waals surface area contributed by atoms with Crippen molar-refractivity contribution in [2.45, 2.75) is 52.2 Å². The van der Waals surface area contributed by atoms with Crippen LogP contribution in [0, 0.1) is 19.3 Å². The number of aryl methyl sites for hydroxylation is 2. The van der Waals surface area contributed by atoms with Crippen LogP contribution in [0.25, 0.3) is 22.0 Å². The van der Waals surface area contributed by atoms with Gasteiger partial charge in [-0.15, -0.1) is 0 Å². The molecule has 6 rings (SSSR count). The molecule has 0 bridgehead atoms. The van der Waals surface area contributed by atoms with Gasteiger partial charge in [0.25, 0.3) is 0 Å². The summed E-state index contributed by atoms with van der Waals surface area (Å²) >= 11 is 3.36. The Morgan fingerprint density at radius 1 is 1.14 bits per heavy atom. The fraction of sp³-hybridized carbons (Fsp3) is 0.345. The van der Waals surface area contributed by atoms with E-state index in [2.05, 4.69) is 41.3 Å². The van der Waals surface area contributed by atoms with Crippen LogP contribution in [0.1, 0.15) is 36.8 Å². The van der Waals surface area contributed by atoms with E-state index in [9.17, 15) is 9.59 Å². The predicted octanol–water partition coefficient (Wildman–Crippen LogP) is 2.91. The van der Waals surface area contributed by atoms with Gasteiger partial charge in [-0.1, -0.05) is 12.1 Å². The summed E-state index contributed by atoms with van der Waals surface area (Å²) < 4.78 is 2.26. The number of aromatic nitrogens is 5. The fourth-order valence-corrected chi connectivity index (χ4v) is 6.21. The molecule has 2 unspecified atom stereocenters. The standard InChI is InChI=1S/C29H31BrN10O2/c1-15-4-7-24(30)35-27(15)36-28(42)22-9-29(14-31)10-23(29)40(22)25(41)13-39-21-6-5-18(19-11-33-17(3)34-12-19)8-20(21)26(38-39)16(2)37-32/h4-8,11-12,22-23H,9-10,13-14,31-32H2,1-3H3,(H,35,36,42)/b37-16-/t22-,23?,29?/m0/s1. The lowest BCUT2D eigenvalue weighted by molar-refractivity contribution is -0.138. The summed E-state index contributed by atoms with van der Waals surface area (Å²) in [4.78, 5) is 42.2. The van der Waals surface area contributed by atoms with Crippen molar-refractivity contribution < 1.29 is 9.59 Å². The highest BCUT2D eigenvalue weighted by molar-refractivity contribution is 9.10. The van der Waals surface area contributed by atoms with Crippen molar-refractivity contribution in [1.29, 1.82) is 0 Å². The van der Waals surface area contributed by atoms with Crippen LogP contribution in [0.3, 0.4) is 0 Å². The van der Waals surface area contributed by atoms with E-state index in [0.29, 0.717) is 40.6 Å². The molecule has 2 aliphatic rings. The van der Waals surface area contributed by atoms with Crippen LogP contribution in [0.2, 0.25) is 0 Å². The molecule has 1 aromatic carbocycles. The first-order chi connectivity index (χ1) is 20.1. The molecule has 3 aromatic heterocycles. The van der Waals surface area contributed by atoms with Crippen molar-refractivity contribution in [3.63, 3.8) is 0 Å². The number of fused-ring (bicyclic) bond motifs is 2. The van der Waals surface area contributed by atoms with Gasteiger partial charge in [0, 0.05) is 41.3 Å². The number of halogens is 1. The van der Waals surface area contributed by atoms with Crippen LogP contribution in [-0.4, -0.2) is 65.8 Å². The number of rotatable bonds is 7. The Kier molecular flexibility index (Phi) is 7.01. The molecule has 1 saturated carbocycles. The number of hydrazone groups is 1. The Morgan fingerprint density at radius 3 is 2.62 bits per heavy atom. The summed E-state index contributed by atoms with van der Waals surface area (Å²) in [6, 6.07) is 8.75. The number of hydrogen-bond acceptors (Lipinski definition) is 9. The predicted molar refractivity (Wildman–Crippen MR) is 162 cm³/mol. The molecule has 12 nitrogen and oxygen atoms in total. The zero-order chi connectivity index (χ0) is 29.8. The lowest BCUT2D eigenvalue weighted by atomic mass is 9.99. The third-order valence-corrected chi connectivity index (χ3v) is 8.85. The van der Waals surface area contributed by atoms with Crippen LogP contribution < -0.4 is 16.9 Å². The molecule has 0 spiro atoms. The number of benzene rings is 1. The first-order valence-corrected chi connectivity index (χ1v) is 14.4. The van der Waals surface area contributed by atoms with Crippen LogP contribution in [-0.2, 0) is 16.1 Å². The number of carbonyl (C=O) groups excluding carboxylic acids is 2. The van der Waals surface area contributed by atoms with Crippen molar-refractivity contribution >= 4 is 50.2 Å². The van der Waals surface area contributed by atoms with E-state index in [1.807, 2.05) is 44.2 Å². The molecule has 1 aliphatic carbocycles. The molecule has 2 amide bonds. The average Bonchev–Trinajstić information content (AvgIpc) is 3.43. The van der Waals surface area contributed by atoms with E-state index in [4.69, 9.17) is 16.7 Å². The summed E-state index contributed by atoms with van der Waals surface area (Å²) in [5.74, 6) is 6.29. The maximum Gasteiger partial charge on any atom is 0.248 e. The fourth-order valence-electron chi connectivity index (χ4n) is 5.90. The zero-order valence-electron chi connectivity index (χ0n) is 23.5. The summed E-state index contributed by atoms with van der Waals surface area (Å²) in [6.07, 6.45) is 4.82. The summed E-state index contributed by atoms with van der Waals surface area (Å²) in [6.45, 7) is 5.83. The Balaban J connectivity index is 1.31. The molecular formula is C29H31BrN10O2. The normalized spacial score (nSPS) is 21.5. The number of likely N-dealkylation sites (tertiary alicyclic amines) is 1. The highest BCUT2D eigenvalue weighted by Gasteiger charge is 2.66. The number of carbonyl (C=O) groups is 2. The van der Waals surface area contributed by atoms with Crippen molar-refractivity contribution in [2.75, 3.05) is 11.9 Å². The number of amides is 2. The third kappa shape index (κ3) is 4.81. The number of nitrogens with two attached hydrogens (primary N) is 2. The Labute approximate surface area is 250 Å². The summed E-state index contributed by atoms with van der Waals surface area (Å²) in [5.41, 5.74) is 10.3. The van der Waals surface area contributed by atoms with Gasteiger partial charge in [-0.25, -0.2) is 15.0 Å². The molecule has 13 heteroatoms. The van der Waals surface area contributed by atoms with Crippen molar-refractivity contribution in [1.82, 2.24) is 29.6 Å². The SMILES string of the molecule is C/C(=N/N)c1nn(CC(=O)N2C3CC3(CN)C[C@H]2C(=O)Nc2nc(Br)ccc2C)c2ccc(-c3cnc(C)nc3)cc12. The third-order valence-electron chi connectivity index (χ3n) is 8.41. The van der Waals surface area contributed by atoms with Gasteiger partial charge in [0.15, 0.2) is 0 Å². The molecule has 1 saturated heterocycles. The first-order valence-electron chi connectivity index (χ1n) is 13.6. The number of nitrogens with one attached hydrogen (secondary N) is 1. The van der Waals surface area contributed by atoms with Gasteiger partial charge in [0.1, 0.15) is 34.5 Å². The highest BCUT2D eigenvalue weighted by Crippen LogP contribution is 2.59. The second-order valence-corrected chi connectivity index (χ2v) is 11.9. The van der Waals surface area contributed by atoms with Crippen molar-refractivity contribution in [2.24, 2.45) is 22.1 Å². The maximum atomic E-state index is 14.0. The lowest BCUT2D eigenvalue weighted by Crippen LogP contribution is -2.47. The molecule has 1 aliphatic heterocycles. The number of hydrogen-bond donors (Lipinski definition) is 3. The van der Waals surface area contributed by atoms with Crippen molar-refractivity contribution in [3.8, 4) is 11.1 Å². The molecule has 4 aromatic rings. The van der Waals surface area contributed by atoms with Gasteiger partial charge in [-0.2, -0.15) is 10.2 Å². The molecule has 42 heavy (non-hydrogen) atoms. The quantitative estimate of drug-likeness (QED) is 0.121. The topological polar surface area (TPSA) is 170 Å². The Bertz CT molecular complexity index is 1750. The minimum atomic E-state index is -0.665. The molecule has 216 valence electrons. The largest absolute Gasteiger partial charge is 0.330 e. The van der Waals surface area contributed by atoms with Crippen molar-refractivity contribution in [3.05, 3.63) is 64.4 Å². The van der Waals surface area contributed by atoms with Crippen LogP contribution in [0.4, 0.5) is 5.82 Å². The Morgan fingerprint density at radius 2 is 1.90 bits per heavy atom. The van der Waals surface area contributed by atoms with Gasteiger partial charge < -0.3 is 21.8 Å². The number of anilines is 1. The van der Waals surface area contributed by atoms with Crippen LogP contribution >= 0.6 is 15.9 Å². The van der Waals surface area contributed by atoms with Gasteiger partial charge >= 0.3 is 0 Å². The molecular weight excluding hydrogens is 600 g/mol. The van der Waals surface area contributed by atoms with Gasteiger partial charge in [-0.3, -0.25) is 14.3 Å². The molecule has 2 fully saturated rings. The molecule has 0 radical (unpaired) electrons. The second kappa shape index (κ2) is 10.6. The van der Waals surface area contributed by atoms with E-state index in [1.165, 1.54) is 0 Å². The summed E-state index contributed by atoms with van der Waals surface area (Å²) in [7, 11) is 0. The van der Waals surface area contributed by atoms with Gasteiger partial charge in [0.05, 0.1) is 11.2 Å². The van der Waals surface area contributed by atoms with Crippen LogP contribution in [0.5, 0.6) is 0 Å². The minimum Gasteiger partial charge on any atom is -0.330 e. The van der Waals surface area contributed by atoms with Gasteiger partial charge in [-0.05, 0) is 78.9 Å². The van der Waals surface area contributed by atoms with Gasteiger partial charge in [0.2, 0.25) is 11.8 Å². The van der Waals surface area contributed by atoms with E-state index in [0.717, 1.165) is 34.0 Å². The monoisotopic (exact) mass is 630 g/mol. The average molecular weight is 632 g/mol. The number of nitrogens with zero attached hydrogens (tertiary/aromatic N) is 7. The van der Waals surface area contributed by atoms with E-state index in [-0.39, 0.29) is 29.8 Å². The summed E-state index contributed by atoms with van der Waals surface area (Å²) in [5, 5.41) is 12.3. The smallest absolute Gasteiger partial charge is 0.248 e. The van der Waals surface area contributed by atoms with E-state index in [1.54, 1.807) is 28.9 Å². The number of pyridine rings is 1. The maximum absolute atomic E-state index is 14.0. The lowest BCUT2D eigenvalue weighted by Gasteiger charge is -2.27. The molecule has 3 atom stereocenters. The zero-order valence-corrected chi connectivity index (χ0v) is 25.1. The highest BCUT2D eigenvalue weighted by atomic mass is 79.9. The minimum absolute atomic E-state index is 0.0591. The first kappa shape index (κ1) is 27.9. The van der Waals surface area contributed by atoms with E-state index >= 15 is 0 Å². The Hall–Kier alpha value is -4.23. The number of piperidine rings is 1.